The first-order valence-electron chi connectivity index (χ1n) is 14.8. The Morgan fingerprint density at radius 2 is 1.91 bits per heavy atom. The van der Waals surface area contributed by atoms with Gasteiger partial charge in [-0.3, -0.25) is 19.3 Å². The summed E-state index contributed by atoms with van der Waals surface area (Å²) >= 11 is 1.33. The van der Waals surface area contributed by atoms with Crippen molar-refractivity contribution in [1.29, 1.82) is 0 Å². The van der Waals surface area contributed by atoms with E-state index in [2.05, 4.69) is 4.74 Å². The van der Waals surface area contributed by atoms with Crippen LogP contribution < -0.4 is 15.2 Å². The summed E-state index contributed by atoms with van der Waals surface area (Å²) in [6, 6.07) is 10.4. The van der Waals surface area contributed by atoms with E-state index in [-0.39, 0.29) is 36.3 Å². The Bertz CT molecular complexity index is 2050. The van der Waals surface area contributed by atoms with Crippen molar-refractivity contribution in [2.24, 2.45) is 0 Å². The summed E-state index contributed by atoms with van der Waals surface area (Å²) in [5, 5.41) is 3.51. The lowest BCUT2D eigenvalue weighted by molar-refractivity contribution is -0.0579. The van der Waals surface area contributed by atoms with Crippen molar-refractivity contribution in [1.82, 2.24) is 9.58 Å². The number of halogens is 3. The molecule has 0 radical (unpaired) electrons. The van der Waals surface area contributed by atoms with Crippen molar-refractivity contribution in [2.45, 2.75) is 37.6 Å². The maximum Gasteiger partial charge on any atom is 0.510 e. The molecule has 2 aliphatic carbocycles. The van der Waals surface area contributed by atoms with Crippen LogP contribution in [0.25, 0.3) is 21.6 Å². The molecule has 1 saturated heterocycles. The van der Waals surface area contributed by atoms with Gasteiger partial charge < -0.3 is 23.8 Å². The quantitative estimate of drug-likeness (QED) is 0.212. The molecule has 14 heteroatoms. The summed E-state index contributed by atoms with van der Waals surface area (Å²) in [6.07, 6.45) is -1.40. The van der Waals surface area contributed by atoms with Crippen LogP contribution in [-0.2, 0) is 26.6 Å². The molecule has 2 aliphatic heterocycles. The molecule has 0 N–H and O–H groups in total. The highest BCUT2D eigenvalue weighted by molar-refractivity contribution is 7.14. The van der Waals surface area contributed by atoms with Gasteiger partial charge in [-0.15, -0.1) is 11.3 Å². The van der Waals surface area contributed by atoms with Gasteiger partial charge in [0.1, 0.15) is 12.0 Å². The van der Waals surface area contributed by atoms with E-state index < -0.39 is 60.2 Å². The van der Waals surface area contributed by atoms with Crippen molar-refractivity contribution in [2.75, 3.05) is 32.1 Å². The van der Waals surface area contributed by atoms with Crippen LogP contribution >= 0.6 is 11.3 Å². The third-order valence-electron chi connectivity index (χ3n) is 9.08. The van der Waals surface area contributed by atoms with E-state index in [1.54, 1.807) is 22.2 Å². The van der Waals surface area contributed by atoms with Crippen molar-refractivity contribution in [3.05, 3.63) is 98.0 Å². The smallest absolute Gasteiger partial charge is 0.451 e. The zero-order chi connectivity index (χ0) is 32.8. The lowest BCUT2D eigenvalue weighted by atomic mass is 9.80. The summed E-state index contributed by atoms with van der Waals surface area (Å²) in [5.74, 6) is -5.39. The van der Waals surface area contributed by atoms with Gasteiger partial charge in [0.25, 0.3) is 11.8 Å². The van der Waals surface area contributed by atoms with E-state index in [9.17, 15) is 14.4 Å². The van der Waals surface area contributed by atoms with Crippen molar-refractivity contribution >= 4 is 23.4 Å². The topological polar surface area (TPSA) is 99.5 Å². The third kappa shape index (κ3) is 4.30. The first-order valence-corrected chi connectivity index (χ1v) is 15.7. The Morgan fingerprint density at radius 1 is 1.11 bits per heavy atom. The molecule has 3 atom stereocenters. The molecule has 2 aromatic carbocycles. The number of pyridine rings is 1. The number of alkyl halides is 2. The van der Waals surface area contributed by atoms with E-state index in [0.29, 0.717) is 16.7 Å². The number of aromatic nitrogens is 1. The number of fused-ring (bicyclic) bond motifs is 4. The van der Waals surface area contributed by atoms with Crippen molar-refractivity contribution in [3.63, 3.8) is 0 Å². The molecule has 0 spiro atoms. The maximum atomic E-state index is 15.9. The number of benzene rings is 2. The second-order valence-electron chi connectivity index (χ2n) is 11.7. The summed E-state index contributed by atoms with van der Waals surface area (Å²) in [4.78, 5) is 41.3. The molecule has 8 rings (SSSR count). The van der Waals surface area contributed by atoms with Gasteiger partial charge in [0, 0.05) is 41.2 Å². The fraction of sp³-hybridized carbons (Fsp3) is 0.303. The number of ether oxygens (including phenoxy) is 4. The number of amides is 1. The summed E-state index contributed by atoms with van der Waals surface area (Å²) in [5.41, 5.74) is 1.55. The van der Waals surface area contributed by atoms with E-state index in [1.165, 1.54) is 34.3 Å². The van der Waals surface area contributed by atoms with Gasteiger partial charge in [0.2, 0.25) is 18.0 Å². The molecule has 2 aromatic heterocycles. The normalized spacial score (nSPS) is 21.6. The molecule has 10 nitrogen and oxygen atoms in total. The molecular weight excluding hydrogens is 639 g/mol. The molecule has 4 aromatic rings. The Morgan fingerprint density at radius 3 is 2.72 bits per heavy atom. The lowest BCUT2D eigenvalue weighted by Gasteiger charge is -2.52. The summed E-state index contributed by atoms with van der Waals surface area (Å²) < 4.78 is 69.7. The Hall–Kier alpha value is -4.82. The molecule has 4 aliphatic rings. The van der Waals surface area contributed by atoms with Crippen molar-refractivity contribution < 1.29 is 41.7 Å². The lowest BCUT2D eigenvalue weighted by Crippen LogP contribution is -2.67. The number of thiophene rings is 1. The maximum absolute atomic E-state index is 15.9. The molecule has 242 valence electrons. The first-order chi connectivity index (χ1) is 22.6. The molecule has 0 bridgehead atoms. The summed E-state index contributed by atoms with van der Waals surface area (Å²) in [7, 11) is 1.11. The largest absolute Gasteiger partial charge is 0.510 e. The van der Waals surface area contributed by atoms with Crippen LogP contribution in [0.4, 0.5) is 18.0 Å². The molecule has 3 unspecified atom stereocenters. The monoisotopic (exact) mass is 665 g/mol. The highest BCUT2D eigenvalue weighted by Gasteiger charge is 2.51. The average Bonchev–Trinajstić information content (AvgIpc) is 3.41. The number of hydrogen-bond acceptors (Lipinski definition) is 9. The van der Waals surface area contributed by atoms with Crippen LogP contribution in [0.1, 0.15) is 45.7 Å². The van der Waals surface area contributed by atoms with Gasteiger partial charge in [-0.2, -0.15) is 0 Å². The molecule has 1 fully saturated rings. The second-order valence-corrected chi connectivity index (χ2v) is 12.6. The minimum Gasteiger partial charge on any atom is -0.451 e. The SMILES string of the molecule is COC(=O)OCOc1c2n(ccc1=O)N(C1c3ccccc3-c3scc4c3-c3c1ccc(F)c3C(F)(F)C4)C1COC(C)CN1C2=O. The van der Waals surface area contributed by atoms with Gasteiger partial charge in [0.15, 0.2) is 5.69 Å². The average molecular weight is 666 g/mol. The van der Waals surface area contributed by atoms with E-state index in [1.807, 2.05) is 24.3 Å². The number of hydrogen-bond donors (Lipinski definition) is 0. The van der Waals surface area contributed by atoms with Crippen LogP contribution in [0, 0.1) is 5.82 Å². The zero-order valence-corrected chi connectivity index (χ0v) is 25.8. The van der Waals surface area contributed by atoms with Crippen LogP contribution in [0.3, 0.4) is 0 Å². The minimum atomic E-state index is -3.47. The van der Waals surface area contributed by atoms with Crippen LogP contribution in [-0.4, -0.2) is 61.0 Å². The van der Waals surface area contributed by atoms with Crippen LogP contribution in [0.5, 0.6) is 5.75 Å². The zero-order valence-electron chi connectivity index (χ0n) is 25.0. The highest BCUT2D eigenvalue weighted by Crippen LogP contribution is 2.58. The summed E-state index contributed by atoms with van der Waals surface area (Å²) in [6.45, 7) is 1.28. The number of rotatable bonds is 4. The number of carbonyl (C=O) groups excluding carboxylic acids is 2. The van der Waals surface area contributed by atoms with E-state index >= 15 is 13.2 Å². The van der Waals surface area contributed by atoms with Gasteiger partial charge in [-0.05, 0) is 40.6 Å². The highest BCUT2D eigenvalue weighted by atomic mass is 32.1. The van der Waals surface area contributed by atoms with Gasteiger partial charge in [-0.25, -0.2) is 18.0 Å². The number of methoxy groups -OCH3 is 1. The Balaban J connectivity index is 1.41. The molecule has 0 saturated carbocycles. The number of morpholine rings is 1. The molecular formula is C33H26F3N3O7S. The standard InChI is InChI=1S/C33H26F3N3O7S/c1-16-12-37-23(13-44-16)39(38-10-9-22(40)29(28(38)31(37)41)45-15-46-32(42)43-2)27-18-5-3-4-6-19(18)30-24-17(14-47-30)11-33(35,36)26-21(34)8-7-20(27)25(24)26/h3-10,14,16,23,27H,11-13,15H2,1-2H3. The number of nitrogens with zero attached hydrogens (tertiary/aromatic N) is 3. The van der Waals surface area contributed by atoms with E-state index in [0.717, 1.165) is 29.2 Å². The Kier molecular flexibility index (Phi) is 6.67. The predicted molar refractivity (Wildman–Crippen MR) is 163 cm³/mol. The molecule has 4 heterocycles. The first kappa shape index (κ1) is 29.6. The van der Waals surface area contributed by atoms with Gasteiger partial charge >= 0.3 is 6.16 Å². The van der Waals surface area contributed by atoms with Crippen LogP contribution in [0.15, 0.2) is 58.8 Å². The third-order valence-corrected chi connectivity index (χ3v) is 10.1. The van der Waals surface area contributed by atoms with E-state index in [4.69, 9.17) is 14.2 Å². The van der Waals surface area contributed by atoms with Gasteiger partial charge in [0.05, 0.1) is 31.4 Å². The minimum absolute atomic E-state index is 0.0470. The molecule has 47 heavy (non-hydrogen) atoms. The number of carbonyl (C=O) groups is 2. The fourth-order valence-electron chi connectivity index (χ4n) is 7.20. The second kappa shape index (κ2) is 10.6. The predicted octanol–water partition coefficient (Wildman–Crippen LogP) is 5.39. The fourth-order valence-corrected chi connectivity index (χ4v) is 8.33. The van der Waals surface area contributed by atoms with Crippen LogP contribution in [0.2, 0.25) is 0 Å². The molecule has 1 amide bonds. The Labute approximate surface area is 269 Å². The van der Waals surface area contributed by atoms with Crippen molar-refractivity contribution in [3.8, 4) is 27.3 Å². The van der Waals surface area contributed by atoms with Gasteiger partial charge in [-0.1, -0.05) is 30.3 Å².